The fraction of sp³-hybridized carbons (Fsp3) is 0.760. The van der Waals surface area contributed by atoms with E-state index in [1.165, 1.54) is 44.9 Å². The molecule has 0 unspecified atom stereocenters. The molecule has 0 radical (unpaired) electrons. The monoisotopic (exact) mass is 380 g/mol. The average Bonchev–Trinajstić information content (AvgIpc) is 3.24. The topological polar surface area (TPSA) is 34.9 Å². The Bertz CT molecular complexity index is 807. The van der Waals surface area contributed by atoms with Crippen LogP contribution in [0.5, 0.6) is 0 Å². The van der Waals surface area contributed by atoms with Gasteiger partial charge in [0.1, 0.15) is 0 Å². The standard InChI is InChI=1S/C25H36N2O/c1-4-27-19(11-14-26-27)15-17-16-22-20-9-8-18-7-5-6-12-24(18,2)21(20)10-13-25(22,3)23(17)28/h11,14-15,18,20-22H,4-10,12-13,16H2,1-3H3/b17-15+/t18-,20-,21+,22+,24+,25+/m1/s1. The zero-order valence-corrected chi connectivity index (χ0v) is 17.9. The molecule has 1 heterocycles. The van der Waals surface area contributed by atoms with Crippen molar-refractivity contribution in [3.8, 4) is 0 Å². The molecule has 0 bridgehead atoms. The molecule has 0 N–H and O–H groups in total. The zero-order valence-electron chi connectivity index (χ0n) is 17.9. The van der Waals surface area contributed by atoms with Crippen LogP contribution >= 0.6 is 0 Å². The van der Waals surface area contributed by atoms with E-state index in [-0.39, 0.29) is 5.41 Å². The molecule has 28 heavy (non-hydrogen) atoms. The van der Waals surface area contributed by atoms with E-state index in [9.17, 15) is 4.79 Å². The third kappa shape index (κ3) is 2.53. The van der Waals surface area contributed by atoms with Crippen molar-refractivity contribution in [2.75, 3.05) is 0 Å². The first kappa shape index (κ1) is 18.6. The third-order valence-electron chi connectivity index (χ3n) is 9.59. The van der Waals surface area contributed by atoms with E-state index in [4.69, 9.17) is 0 Å². The van der Waals surface area contributed by atoms with Crippen molar-refractivity contribution in [2.24, 2.45) is 34.5 Å². The molecule has 1 aromatic rings. The minimum absolute atomic E-state index is 0.123. The molecule has 4 saturated carbocycles. The maximum Gasteiger partial charge on any atom is 0.165 e. The van der Waals surface area contributed by atoms with E-state index < -0.39 is 0 Å². The molecular weight excluding hydrogens is 344 g/mol. The summed E-state index contributed by atoms with van der Waals surface area (Å²) in [4.78, 5) is 13.5. The van der Waals surface area contributed by atoms with Gasteiger partial charge in [-0.3, -0.25) is 9.48 Å². The lowest BCUT2D eigenvalue weighted by atomic mass is 9.45. The van der Waals surface area contributed by atoms with E-state index >= 15 is 0 Å². The minimum Gasteiger partial charge on any atom is -0.294 e. The van der Waals surface area contributed by atoms with Crippen LogP contribution in [0.15, 0.2) is 17.8 Å². The lowest BCUT2D eigenvalue weighted by molar-refractivity contribution is -0.137. The van der Waals surface area contributed by atoms with Gasteiger partial charge in [0.15, 0.2) is 5.78 Å². The second-order valence-electron chi connectivity index (χ2n) is 10.6. The summed E-state index contributed by atoms with van der Waals surface area (Å²) in [7, 11) is 0. The van der Waals surface area contributed by atoms with Gasteiger partial charge in [-0.1, -0.05) is 26.7 Å². The van der Waals surface area contributed by atoms with Crippen molar-refractivity contribution < 1.29 is 4.79 Å². The molecule has 1 aromatic heterocycles. The Morgan fingerprint density at radius 2 is 2.00 bits per heavy atom. The SMILES string of the molecule is CCn1nccc1/C=C1\C[C@H]2[C@@H]3CC[C@H]4CCCC[C@]4(C)[C@H]3CC[C@]2(C)C1=O. The Morgan fingerprint density at radius 3 is 2.82 bits per heavy atom. The van der Waals surface area contributed by atoms with Gasteiger partial charge in [0.25, 0.3) is 0 Å². The van der Waals surface area contributed by atoms with Crippen molar-refractivity contribution >= 4 is 11.9 Å². The summed E-state index contributed by atoms with van der Waals surface area (Å²) >= 11 is 0. The molecule has 0 aliphatic heterocycles. The van der Waals surface area contributed by atoms with E-state index in [0.717, 1.165) is 48.4 Å². The summed E-state index contributed by atoms with van der Waals surface area (Å²) < 4.78 is 2.00. The number of aryl methyl sites for hydroxylation is 1. The van der Waals surface area contributed by atoms with Crippen molar-refractivity contribution in [2.45, 2.75) is 85.1 Å². The van der Waals surface area contributed by atoms with Gasteiger partial charge in [0.05, 0.1) is 5.69 Å². The number of Topliss-reactive ketones (excluding diaryl/α,β-unsaturated/α-hetero) is 1. The maximum absolute atomic E-state index is 13.5. The number of aromatic nitrogens is 2. The fourth-order valence-corrected chi connectivity index (χ4v) is 8.00. The number of hydrogen-bond acceptors (Lipinski definition) is 2. The highest BCUT2D eigenvalue weighted by Gasteiger charge is 2.60. The summed E-state index contributed by atoms with van der Waals surface area (Å²) in [6.07, 6.45) is 15.9. The van der Waals surface area contributed by atoms with Gasteiger partial charge >= 0.3 is 0 Å². The highest BCUT2D eigenvalue weighted by atomic mass is 16.1. The number of hydrogen-bond donors (Lipinski definition) is 0. The van der Waals surface area contributed by atoms with Gasteiger partial charge in [-0.2, -0.15) is 5.10 Å². The van der Waals surface area contributed by atoms with Gasteiger partial charge in [0, 0.05) is 18.2 Å². The first-order valence-electron chi connectivity index (χ1n) is 11.7. The Hall–Kier alpha value is -1.38. The molecule has 0 aromatic carbocycles. The average molecular weight is 381 g/mol. The smallest absolute Gasteiger partial charge is 0.165 e. The highest BCUT2D eigenvalue weighted by molar-refractivity contribution is 6.05. The van der Waals surface area contributed by atoms with E-state index in [1.807, 2.05) is 16.9 Å². The van der Waals surface area contributed by atoms with Crippen molar-refractivity contribution in [3.05, 3.63) is 23.5 Å². The largest absolute Gasteiger partial charge is 0.294 e. The van der Waals surface area contributed by atoms with Crippen LogP contribution in [0.2, 0.25) is 0 Å². The molecule has 4 fully saturated rings. The van der Waals surface area contributed by atoms with Gasteiger partial charge in [-0.25, -0.2) is 0 Å². The van der Waals surface area contributed by atoms with Crippen LogP contribution in [0.4, 0.5) is 0 Å². The molecule has 0 amide bonds. The van der Waals surface area contributed by atoms with Gasteiger partial charge in [-0.15, -0.1) is 0 Å². The number of nitrogens with zero attached hydrogens (tertiary/aromatic N) is 2. The van der Waals surface area contributed by atoms with E-state index in [2.05, 4.69) is 31.9 Å². The predicted octanol–water partition coefficient (Wildman–Crippen LogP) is 5.90. The van der Waals surface area contributed by atoms with E-state index in [1.54, 1.807) is 0 Å². The minimum atomic E-state index is -0.123. The molecule has 6 atom stereocenters. The van der Waals surface area contributed by atoms with Crippen molar-refractivity contribution in [3.63, 3.8) is 0 Å². The van der Waals surface area contributed by atoms with Crippen LogP contribution < -0.4 is 0 Å². The Kier molecular flexibility index (Phi) is 4.37. The van der Waals surface area contributed by atoms with Crippen LogP contribution in [0.25, 0.3) is 6.08 Å². The molecule has 5 rings (SSSR count). The third-order valence-corrected chi connectivity index (χ3v) is 9.59. The first-order valence-corrected chi connectivity index (χ1v) is 11.7. The van der Waals surface area contributed by atoms with Crippen LogP contribution in [0.1, 0.15) is 84.3 Å². The Balaban J connectivity index is 1.47. The number of fused-ring (bicyclic) bond motifs is 5. The molecule has 0 saturated heterocycles. The van der Waals surface area contributed by atoms with Crippen molar-refractivity contribution in [1.29, 1.82) is 0 Å². The summed E-state index contributed by atoms with van der Waals surface area (Å²) in [6.45, 7) is 7.87. The zero-order chi connectivity index (χ0) is 19.5. The van der Waals surface area contributed by atoms with Gasteiger partial charge in [-0.05, 0) is 98.7 Å². The summed E-state index contributed by atoms with van der Waals surface area (Å²) in [5.74, 6) is 3.54. The second kappa shape index (κ2) is 6.57. The molecule has 3 nitrogen and oxygen atoms in total. The molecule has 0 spiro atoms. The second-order valence-corrected chi connectivity index (χ2v) is 10.6. The molecule has 3 heteroatoms. The lowest BCUT2D eigenvalue weighted by Crippen LogP contribution is -2.52. The predicted molar refractivity (Wildman–Crippen MR) is 113 cm³/mol. The Morgan fingerprint density at radius 1 is 1.14 bits per heavy atom. The molecule has 4 aliphatic carbocycles. The summed E-state index contributed by atoms with van der Waals surface area (Å²) in [5.41, 5.74) is 2.58. The van der Waals surface area contributed by atoms with Crippen LogP contribution in [0.3, 0.4) is 0 Å². The highest BCUT2D eigenvalue weighted by Crippen LogP contribution is 2.66. The summed E-state index contributed by atoms with van der Waals surface area (Å²) in [5, 5.41) is 4.39. The number of carbonyl (C=O) groups is 1. The number of carbonyl (C=O) groups excluding carboxylic acids is 1. The molecule has 152 valence electrons. The molecular formula is C25H36N2O. The number of rotatable bonds is 2. The van der Waals surface area contributed by atoms with E-state index in [0.29, 0.717) is 17.1 Å². The normalized spacial score (nSPS) is 44.2. The van der Waals surface area contributed by atoms with Gasteiger partial charge in [0.2, 0.25) is 0 Å². The quantitative estimate of drug-likeness (QED) is 0.599. The van der Waals surface area contributed by atoms with Crippen molar-refractivity contribution in [1.82, 2.24) is 9.78 Å². The summed E-state index contributed by atoms with van der Waals surface area (Å²) in [6, 6.07) is 2.05. The van der Waals surface area contributed by atoms with Crippen LogP contribution in [-0.2, 0) is 11.3 Å². The number of ketones is 1. The fourth-order valence-electron chi connectivity index (χ4n) is 8.00. The molecule has 4 aliphatic rings. The number of allylic oxidation sites excluding steroid dienone is 1. The van der Waals surface area contributed by atoms with Crippen LogP contribution in [-0.4, -0.2) is 15.6 Å². The van der Waals surface area contributed by atoms with Gasteiger partial charge < -0.3 is 0 Å². The Labute approximate surface area is 170 Å². The lowest BCUT2D eigenvalue weighted by Gasteiger charge is -2.59. The van der Waals surface area contributed by atoms with Crippen LogP contribution in [0, 0.1) is 34.5 Å². The first-order chi connectivity index (χ1) is 13.5. The maximum atomic E-state index is 13.5.